The Morgan fingerprint density at radius 1 is 0.870 bits per heavy atom. The molecule has 0 aliphatic heterocycles. The number of ketones is 1. The zero-order chi connectivity index (χ0) is 16.8. The Balaban J connectivity index is 0. The monoisotopic (exact) mass is 338 g/mol. The Morgan fingerprint density at radius 2 is 1.35 bits per heavy atom. The molecule has 0 heterocycles. The molecule has 23 heavy (non-hydrogen) atoms. The summed E-state index contributed by atoms with van der Waals surface area (Å²) in [5, 5.41) is 19.7. The van der Waals surface area contributed by atoms with Gasteiger partial charge in [0.25, 0.3) is 0 Å². The van der Waals surface area contributed by atoms with E-state index in [9.17, 15) is 14.4 Å². The number of Topliss-reactive ketones (excluding diaryl/α,β-unsaturated/α-hetero) is 1. The number of carboxylic acids is 2. The molecule has 0 amide bonds. The van der Waals surface area contributed by atoms with E-state index < -0.39 is 30.3 Å². The van der Waals surface area contributed by atoms with Gasteiger partial charge >= 0.3 is 11.9 Å². The fourth-order valence-corrected chi connectivity index (χ4v) is 2.28. The molecule has 7 heteroatoms. The minimum atomic E-state index is -1.41. The molecule has 0 bridgehead atoms. The largest absolute Gasteiger partial charge is 0.480 e. The van der Waals surface area contributed by atoms with Crippen LogP contribution in [0.25, 0.3) is 0 Å². The minimum absolute atomic E-state index is 0. The van der Waals surface area contributed by atoms with Gasteiger partial charge in [0.05, 0.1) is 6.54 Å². The van der Waals surface area contributed by atoms with Gasteiger partial charge in [0.2, 0.25) is 0 Å². The van der Waals surface area contributed by atoms with Gasteiger partial charge in [-0.3, -0.25) is 19.7 Å². The molecular weight excluding hydrogens is 309 g/mol. The van der Waals surface area contributed by atoms with Crippen LogP contribution < -0.4 is 5.32 Å². The average Bonchev–Trinajstić information content (AvgIpc) is 2.45. The van der Waals surface area contributed by atoms with Crippen molar-refractivity contribution in [2.75, 3.05) is 6.54 Å². The van der Waals surface area contributed by atoms with Crippen LogP contribution in [0.15, 0.2) is 0 Å². The molecule has 0 aliphatic rings. The first-order valence-electron chi connectivity index (χ1n) is 8.19. The van der Waals surface area contributed by atoms with Gasteiger partial charge in [-0.05, 0) is 6.42 Å². The molecule has 0 aliphatic carbocycles. The Morgan fingerprint density at radius 3 is 1.78 bits per heavy atom. The van der Waals surface area contributed by atoms with Crippen LogP contribution in [-0.2, 0) is 14.4 Å². The van der Waals surface area contributed by atoms with Crippen molar-refractivity contribution in [1.82, 2.24) is 5.32 Å². The Bertz CT molecular complexity index is 349. The number of rotatable bonds is 15. The Labute approximate surface area is 160 Å². The van der Waals surface area contributed by atoms with Crippen molar-refractivity contribution in [3.05, 3.63) is 0 Å². The zero-order valence-electron chi connectivity index (χ0n) is 14.5. The van der Waals surface area contributed by atoms with Gasteiger partial charge < -0.3 is 10.2 Å². The molecular formula is C16H29NNaO5. The molecule has 0 aromatic carbocycles. The van der Waals surface area contributed by atoms with Crippen LogP contribution in [0.5, 0.6) is 0 Å². The summed E-state index contributed by atoms with van der Waals surface area (Å²) >= 11 is 0. The van der Waals surface area contributed by atoms with E-state index in [4.69, 9.17) is 10.2 Å². The van der Waals surface area contributed by atoms with Crippen molar-refractivity contribution in [2.24, 2.45) is 0 Å². The summed E-state index contributed by atoms with van der Waals surface area (Å²) in [5.41, 5.74) is 0. The van der Waals surface area contributed by atoms with Crippen LogP contribution in [-0.4, -0.2) is 70.1 Å². The predicted molar refractivity (Wildman–Crippen MR) is 89.7 cm³/mol. The van der Waals surface area contributed by atoms with Crippen molar-refractivity contribution in [2.45, 2.75) is 77.2 Å². The first-order valence-corrected chi connectivity index (χ1v) is 8.19. The maximum Gasteiger partial charge on any atom is 0.328 e. The molecule has 0 saturated carbocycles. The van der Waals surface area contributed by atoms with Gasteiger partial charge in [0.1, 0.15) is 0 Å². The second kappa shape index (κ2) is 16.4. The van der Waals surface area contributed by atoms with E-state index in [0.717, 1.165) is 19.3 Å². The first kappa shape index (κ1) is 24.8. The second-order valence-corrected chi connectivity index (χ2v) is 5.59. The minimum Gasteiger partial charge on any atom is -0.480 e. The smallest absolute Gasteiger partial charge is 0.328 e. The predicted octanol–water partition coefficient (Wildman–Crippen LogP) is 2.22. The number of hydrogen-bond donors (Lipinski definition) is 3. The topological polar surface area (TPSA) is 104 Å². The molecule has 3 N–H and O–H groups in total. The zero-order valence-corrected chi connectivity index (χ0v) is 16.5. The molecule has 0 fully saturated rings. The normalized spacial score (nSPS) is 11.5. The molecule has 0 spiro atoms. The summed E-state index contributed by atoms with van der Waals surface area (Å²) in [6.07, 6.45) is 10.2. The van der Waals surface area contributed by atoms with Crippen molar-refractivity contribution in [1.29, 1.82) is 0 Å². The quantitative estimate of drug-likeness (QED) is 0.240. The van der Waals surface area contributed by atoms with Crippen LogP contribution in [0, 0.1) is 0 Å². The second-order valence-electron chi connectivity index (χ2n) is 5.59. The third-order valence-corrected chi connectivity index (χ3v) is 3.55. The molecule has 6 nitrogen and oxygen atoms in total. The van der Waals surface area contributed by atoms with E-state index in [-0.39, 0.29) is 36.0 Å². The summed E-state index contributed by atoms with van der Waals surface area (Å²) in [6, 6.07) is -1.41. The summed E-state index contributed by atoms with van der Waals surface area (Å²) in [7, 11) is 0. The van der Waals surface area contributed by atoms with E-state index in [1.807, 2.05) is 0 Å². The van der Waals surface area contributed by atoms with Gasteiger partial charge in [-0.1, -0.05) is 58.3 Å². The number of carboxylic acid groups (broad SMARTS) is 2. The van der Waals surface area contributed by atoms with Gasteiger partial charge in [0, 0.05) is 36.0 Å². The van der Waals surface area contributed by atoms with Crippen LogP contribution in [0.1, 0.15) is 71.1 Å². The van der Waals surface area contributed by atoms with Crippen molar-refractivity contribution in [3.63, 3.8) is 0 Å². The molecule has 129 valence electrons. The van der Waals surface area contributed by atoms with Crippen molar-refractivity contribution < 1.29 is 24.6 Å². The molecule has 0 saturated heterocycles. The molecule has 1 unspecified atom stereocenters. The number of hydrogen-bond acceptors (Lipinski definition) is 4. The third kappa shape index (κ3) is 14.9. The maximum atomic E-state index is 11.8. The van der Waals surface area contributed by atoms with Crippen LogP contribution in [0.4, 0.5) is 0 Å². The van der Waals surface area contributed by atoms with Gasteiger partial charge in [0.15, 0.2) is 11.8 Å². The van der Waals surface area contributed by atoms with E-state index in [2.05, 4.69) is 12.2 Å². The van der Waals surface area contributed by atoms with Gasteiger partial charge in [-0.15, -0.1) is 0 Å². The van der Waals surface area contributed by atoms with Crippen LogP contribution in [0.2, 0.25) is 0 Å². The SMILES string of the molecule is CCCCCCCCCCCC(=O)C(NCC(=O)O)C(=O)O.[Na]. The number of carbonyl (C=O) groups is 3. The van der Waals surface area contributed by atoms with Gasteiger partial charge in [-0.25, -0.2) is 0 Å². The molecule has 1 radical (unpaired) electrons. The molecule has 0 aromatic rings. The average molecular weight is 338 g/mol. The number of unbranched alkanes of at least 4 members (excludes halogenated alkanes) is 8. The fourth-order valence-electron chi connectivity index (χ4n) is 2.28. The summed E-state index contributed by atoms with van der Waals surface area (Å²) < 4.78 is 0. The Kier molecular flexibility index (Phi) is 17.7. The number of nitrogens with one attached hydrogen (secondary N) is 1. The standard InChI is InChI=1S/C16H29NO5.Na/c1-2-3-4-5-6-7-8-9-10-11-13(18)15(16(21)22)17-12-14(19)20;/h15,17H,2-12H2,1H3,(H,19,20)(H,21,22);. The van der Waals surface area contributed by atoms with Crippen LogP contribution in [0.3, 0.4) is 0 Å². The van der Waals surface area contributed by atoms with E-state index >= 15 is 0 Å². The summed E-state index contributed by atoms with van der Waals surface area (Å²) in [5.74, 6) is -2.94. The molecule has 0 aromatic heterocycles. The van der Waals surface area contributed by atoms with E-state index in [1.165, 1.54) is 32.1 Å². The summed E-state index contributed by atoms with van der Waals surface area (Å²) in [6.45, 7) is 1.66. The van der Waals surface area contributed by atoms with Crippen LogP contribution >= 0.6 is 0 Å². The van der Waals surface area contributed by atoms with Crippen molar-refractivity contribution >= 4 is 47.3 Å². The maximum absolute atomic E-state index is 11.8. The molecule has 0 rings (SSSR count). The van der Waals surface area contributed by atoms with Crippen molar-refractivity contribution in [3.8, 4) is 0 Å². The third-order valence-electron chi connectivity index (χ3n) is 3.55. The Hall–Kier alpha value is -0.430. The first-order chi connectivity index (χ1) is 10.5. The van der Waals surface area contributed by atoms with E-state index in [1.54, 1.807) is 0 Å². The van der Waals surface area contributed by atoms with Gasteiger partial charge in [-0.2, -0.15) is 0 Å². The summed E-state index contributed by atoms with van der Waals surface area (Å²) in [4.78, 5) is 33.1. The number of aliphatic carboxylic acids is 2. The number of carbonyl (C=O) groups excluding carboxylic acids is 1. The molecule has 1 atom stereocenters. The fraction of sp³-hybridized carbons (Fsp3) is 0.812. The van der Waals surface area contributed by atoms with E-state index in [0.29, 0.717) is 6.42 Å².